The third-order valence-electron chi connectivity index (χ3n) is 3.84. The maximum atomic E-state index is 11.7. The van der Waals surface area contributed by atoms with Gasteiger partial charge >= 0.3 is 0 Å². The van der Waals surface area contributed by atoms with E-state index >= 15 is 0 Å². The average molecular weight is 479 g/mol. The normalized spacial score (nSPS) is 15.1. The first-order valence-electron chi connectivity index (χ1n) is 8.68. The lowest BCUT2D eigenvalue weighted by Gasteiger charge is -2.19. The van der Waals surface area contributed by atoms with Gasteiger partial charge in [-0.2, -0.15) is 0 Å². The van der Waals surface area contributed by atoms with Crippen LogP contribution in [0.25, 0.3) is 0 Å². The van der Waals surface area contributed by atoms with E-state index in [1.165, 1.54) is 0 Å². The lowest BCUT2D eigenvalue weighted by atomic mass is 10.1. The van der Waals surface area contributed by atoms with Gasteiger partial charge in [0.05, 0.1) is 6.04 Å². The number of benzene rings is 1. The van der Waals surface area contributed by atoms with Gasteiger partial charge in [0.2, 0.25) is 5.91 Å². The Morgan fingerprint density at radius 2 is 2.08 bits per heavy atom. The highest BCUT2D eigenvalue weighted by molar-refractivity contribution is 14.0. The van der Waals surface area contributed by atoms with E-state index in [4.69, 9.17) is 11.6 Å². The van der Waals surface area contributed by atoms with Gasteiger partial charge in [-0.05, 0) is 44.7 Å². The zero-order valence-electron chi connectivity index (χ0n) is 14.8. The fourth-order valence-electron chi connectivity index (χ4n) is 2.39. The number of nitrogens with zero attached hydrogens (tertiary/aromatic N) is 1. The maximum Gasteiger partial charge on any atom is 0.220 e. The van der Waals surface area contributed by atoms with E-state index in [2.05, 4.69) is 27.9 Å². The summed E-state index contributed by atoms with van der Waals surface area (Å²) in [5.74, 6) is 0.877. The molecule has 1 amide bonds. The van der Waals surface area contributed by atoms with Crippen LogP contribution >= 0.6 is 35.6 Å². The first kappa shape index (κ1) is 22.0. The maximum absolute atomic E-state index is 11.7. The van der Waals surface area contributed by atoms with Crippen molar-refractivity contribution in [3.63, 3.8) is 0 Å². The van der Waals surface area contributed by atoms with E-state index in [0.717, 1.165) is 42.4 Å². The molecule has 0 radical (unpaired) electrons. The summed E-state index contributed by atoms with van der Waals surface area (Å²) in [6.07, 6.45) is 3.52. The molecule has 1 aromatic carbocycles. The summed E-state index contributed by atoms with van der Waals surface area (Å²) in [5.41, 5.74) is 1.04. The molecule has 1 unspecified atom stereocenters. The molecule has 2 rings (SSSR count). The fourth-order valence-corrected chi connectivity index (χ4v) is 2.69. The highest BCUT2D eigenvalue weighted by atomic mass is 127. The highest BCUT2D eigenvalue weighted by Gasteiger charge is 2.22. The molecule has 1 fully saturated rings. The second-order valence-corrected chi connectivity index (χ2v) is 6.50. The molecule has 0 aliphatic heterocycles. The van der Waals surface area contributed by atoms with Gasteiger partial charge in [0.25, 0.3) is 0 Å². The molecule has 1 aliphatic rings. The van der Waals surface area contributed by atoms with Crippen LogP contribution in [0.5, 0.6) is 0 Å². The number of rotatable bonds is 8. The standard InChI is InChI=1S/C18H27ClN4O.HI/c1-3-20-18(21-12-6-9-17(24)23-14-10-11-14)22-13(2)15-7-4-5-8-16(15)19;/h4-5,7-8,13-14H,3,6,9-12H2,1-2H3,(H,23,24)(H2,20,21,22);1H. The predicted molar refractivity (Wildman–Crippen MR) is 115 cm³/mol. The number of hydrogen-bond acceptors (Lipinski definition) is 2. The molecule has 0 heterocycles. The summed E-state index contributed by atoms with van der Waals surface area (Å²) in [6, 6.07) is 8.27. The summed E-state index contributed by atoms with van der Waals surface area (Å²) < 4.78 is 0. The molecule has 0 aromatic heterocycles. The van der Waals surface area contributed by atoms with Crippen LogP contribution in [-0.2, 0) is 4.79 Å². The van der Waals surface area contributed by atoms with Crippen molar-refractivity contribution in [3.05, 3.63) is 34.9 Å². The third-order valence-corrected chi connectivity index (χ3v) is 4.19. The first-order chi connectivity index (χ1) is 11.6. The van der Waals surface area contributed by atoms with Crippen molar-refractivity contribution in [1.29, 1.82) is 0 Å². The fraction of sp³-hybridized carbons (Fsp3) is 0.556. The van der Waals surface area contributed by atoms with Crippen molar-refractivity contribution in [2.45, 2.75) is 51.6 Å². The van der Waals surface area contributed by atoms with Gasteiger partial charge in [-0.15, -0.1) is 24.0 Å². The van der Waals surface area contributed by atoms with Gasteiger partial charge in [0.15, 0.2) is 5.96 Å². The Morgan fingerprint density at radius 1 is 1.36 bits per heavy atom. The predicted octanol–water partition coefficient (Wildman–Crippen LogP) is 3.63. The van der Waals surface area contributed by atoms with Crippen molar-refractivity contribution >= 4 is 47.4 Å². The summed E-state index contributed by atoms with van der Waals surface area (Å²) in [5, 5.41) is 10.3. The number of carbonyl (C=O) groups is 1. The minimum absolute atomic E-state index is 0. The van der Waals surface area contributed by atoms with E-state index in [-0.39, 0.29) is 35.9 Å². The number of halogens is 2. The molecule has 1 aliphatic carbocycles. The number of nitrogens with one attached hydrogen (secondary N) is 3. The molecule has 1 aromatic rings. The molecule has 140 valence electrons. The molecule has 0 spiro atoms. The topological polar surface area (TPSA) is 65.5 Å². The average Bonchev–Trinajstić information content (AvgIpc) is 3.36. The Balaban J connectivity index is 0.00000312. The van der Waals surface area contributed by atoms with Gasteiger partial charge in [-0.3, -0.25) is 9.79 Å². The molecule has 0 bridgehead atoms. The van der Waals surface area contributed by atoms with E-state index in [1.54, 1.807) is 0 Å². The molecule has 3 N–H and O–H groups in total. The quantitative estimate of drug-likeness (QED) is 0.231. The minimum atomic E-state index is 0. The van der Waals surface area contributed by atoms with E-state index < -0.39 is 0 Å². The van der Waals surface area contributed by atoms with E-state index in [0.29, 0.717) is 19.0 Å². The number of hydrogen-bond donors (Lipinski definition) is 3. The zero-order valence-corrected chi connectivity index (χ0v) is 17.9. The number of carbonyl (C=O) groups excluding carboxylic acids is 1. The zero-order chi connectivity index (χ0) is 17.4. The monoisotopic (exact) mass is 478 g/mol. The van der Waals surface area contributed by atoms with Crippen molar-refractivity contribution < 1.29 is 4.79 Å². The second-order valence-electron chi connectivity index (χ2n) is 6.09. The van der Waals surface area contributed by atoms with Gasteiger partial charge in [-0.1, -0.05) is 29.8 Å². The summed E-state index contributed by atoms with van der Waals surface area (Å²) in [7, 11) is 0. The number of guanidine groups is 1. The second kappa shape index (κ2) is 11.6. The third kappa shape index (κ3) is 8.27. The van der Waals surface area contributed by atoms with Gasteiger partial charge < -0.3 is 16.0 Å². The van der Waals surface area contributed by atoms with Crippen LogP contribution in [-0.4, -0.2) is 31.0 Å². The lowest BCUT2D eigenvalue weighted by molar-refractivity contribution is -0.121. The largest absolute Gasteiger partial charge is 0.357 e. The summed E-state index contributed by atoms with van der Waals surface area (Å²) in [6.45, 7) is 5.48. The molecule has 0 saturated heterocycles. The van der Waals surface area contributed by atoms with Crippen LogP contribution in [0.4, 0.5) is 0 Å². The summed E-state index contributed by atoms with van der Waals surface area (Å²) >= 11 is 6.24. The molecule has 1 saturated carbocycles. The number of amides is 1. The van der Waals surface area contributed by atoms with Gasteiger partial charge in [0.1, 0.15) is 0 Å². The van der Waals surface area contributed by atoms with Crippen LogP contribution in [0.3, 0.4) is 0 Å². The molecular weight excluding hydrogens is 451 g/mol. The first-order valence-corrected chi connectivity index (χ1v) is 9.06. The molecule has 1 atom stereocenters. The smallest absolute Gasteiger partial charge is 0.220 e. The Bertz CT molecular complexity index is 578. The minimum Gasteiger partial charge on any atom is -0.357 e. The Kier molecular flexibility index (Phi) is 10.2. The van der Waals surface area contributed by atoms with Gasteiger partial charge in [-0.25, -0.2) is 0 Å². The Hall–Kier alpha value is -1.02. The van der Waals surface area contributed by atoms with E-state index in [1.807, 2.05) is 31.2 Å². The van der Waals surface area contributed by atoms with Crippen LogP contribution in [0, 0.1) is 0 Å². The van der Waals surface area contributed by atoms with Crippen LogP contribution in [0.2, 0.25) is 5.02 Å². The lowest BCUT2D eigenvalue weighted by Crippen LogP contribution is -2.39. The van der Waals surface area contributed by atoms with E-state index in [9.17, 15) is 4.79 Å². The Labute approximate surface area is 172 Å². The van der Waals surface area contributed by atoms with Crippen molar-refractivity contribution in [1.82, 2.24) is 16.0 Å². The van der Waals surface area contributed by atoms with Crippen molar-refractivity contribution in [2.75, 3.05) is 13.1 Å². The molecule has 25 heavy (non-hydrogen) atoms. The number of aliphatic imine (C=N–C) groups is 1. The summed E-state index contributed by atoms with van der Waals surface area (Å²) in [4.78, 5) is 16.2. The molecular formula is C18H28ClIN4O. The SMILES string of the molecule is CCNC(=NCCCC(=O)NC1CC1)NC(C)c1ccccc1Cl.I. The van der Waals surface area contributed by atoms with Crippen molar-refractivity contribution in [3.8, 4) is 0 Å². The van der Waals surface area contributed by atoms with Crippen LogP contribution in [0.1, 0.15) is 51.1 Å². The van der Waals surface area contributed by atoms with Gasteiger partial charge in [0, 0.05) is 30.6 Å². The Morgan fingerprint density at radius 3 is 2.72 bits per heavy atom. The molecule has 7 heteroatoms. The van der Waals surface area contributed by atoms with Crippen molar-refractivity contribution in [2.24, 2.45) is 4.99 Å². The van der Waals surface area contributed by atoms with Crippen LogP contribution < -0.4 is 16.0 Å². The molecule has 5 nitrogen and oxygen atoms in total. The van der Waals surface area contributed by atoms with Crippen LogP contribution in [0.15, 0.2) is 29.3 Å². The highest BCUT2D eigenvalue weighted by Crippen LogP contribution is 2.22.